The van der Waals surface area contributed by atoms with Gasteiger partial charge < -0.3 is 16.0 Å². The predicted octanol–water partition coefficient (Wildman–Crippen LogP) is 3.83. The Kier molecular flexibility index (Phi) is 7.35. The summed E-state index contributed by atoms with van der Waals surface area (Å²) < 4.78 is 0. The summed E-state index contributed by atoms with van der Waals surface area (Å²) in [6.45, 7) is 5.35. The summed E-state index contributed by atoms with van der Waals surface area (Å²) in [5.74, 6) is -0.793. The van der Waals surface area contributed by atoms with Crippen LogP contribution >= 0.6 is 0 Å². The second kappa shape index (κ2) is 10.8. The van der Waals surface area contributed by atoms with Crippen molar-refractivity contribution in [2.24, 2.45) is 5.92 Å². The van der Waals surface area contributed by atoms with Gasteiger partial charge in [0.15, 0.2) is 0 Å². The maximum Gasteiger partial charge on any atom is 0.274 e. The predicted molar refractivity (Wildman–Crippen MR) is 134 cm³/mol. The van der Waals surface area contributed by atoms with Gasteiger partial charge in [0, 0.05) is 29.5 Å². The van der Waals surface area contributed by atoms with E-state index in [1.54, 1.807) is 48.7 Å². The Labute approximate surface area is 203 Å². The molecule has 0 spiro atoms. The fourth-order valence-corrected chi connectivity index (χ4v) is 4.24. The summed E-state index contributed by atoms with van der Waals surface area (Å²) in [7, 11) is 0. The summed E-state index contributed by atoms with van der Waals surface area (Å²) in [4.78, 5) is 41.6. The molecule has 1 aliphatic rings. The molecule has 4 rings (SSSR count). The lowest BCUT2D eigenvalue weighted by Crippen LogP contribution is -2.40. The van der Waals surface area contributed by atoms with Crippen molar-refractivity contribution in [2.75, 3.05) is 10.6 Å². The lowest BCUT2D eigenvalue weighted by atomic mass is 9.85. The molecule has 1 unspecified atom stereocenters. The van der Waals surface area contributed by atoms with E-state index in [0.29, 0.717) is 23.5 Å². The molecule has 2 aromatic heterocycles. The van der Waals surface area contributed by atoms with Crippen LogP contribution in [0.2, 0.25) is 0 Å². The number of hydrogen-bond acceptors (Lipinski definition) is 5. The zero-order chi connectivity index (χ0) is 24.8. The average molecular weight is 473 g/mol. The number of aromatic nitrogens is 3. The number of aryl methyl sites for hydroxylation is 1. The lowest BCUT2D eigenvalue weighted by molar-refractivity contribution is -0.122. The molecule has 0 bridgehead atoms. The van der Waals surface area contributed by atoms with Gasteiger partial charge in [0.1, 0.15) is 5.69 Å². The number of nitrogens with zero attached hydrogens (tertiary/aromatic N) is 2. The highest BCUT2D eigenvalue weighted by Gasteiger charge is 2.28. The number of rotatable bonds is 7. The Morgan fingerprint density at radius 2 is 1.97 bits per heavy atom. The highest BCUT2D eigenvalue weighted by Crippen LogP contribution is 2.27. The van der Waals surface area contributed by atoms with Gasteiger partial charge in [-0.2, -0.15) is 5.10 Å². The molecule has 180 valence electrons. The van der Waals surface area contributed by atoms with Crippen molar-refractivity contribution in [1.29, 1.82) is 0 Å². The first-order chi connectivity index (χ1) is 16.9. The Balaban J connectivity index is 1.37. The number of H-pyrrole nitrogens is 1. The van der Waals surface area contributed by atoms with E-state index in [2.05, 4.69) is 37.7 Å². The van der Waals surface area contributed by atoms with Crippen LogP contribution in [0, 0.1) is 12.8 Å². The highest BCUT2D eigenvalue weighted by atomic mass is 16.2. The molecule has 2 heterocycles. The van der Waals surface area contributed by atoms with Crippen molar-refractivity contribution in [3.8, 4) is 11.4 Å². The van der Waals surface area contributed by atoms with Crippen molar-refractivity contribution in [3.63, 3.8) is 0 Å². The minimum atomic E-state index is -0.336. The van der Waals surface area contributed by atoms with Crippen LogP contribution in [0.4, 0.5) is 11.4 Å². The fourth-order valence-electron chi connectivity index (χ4n) is 4.24. The maximum absolute atomic E-state index is 12.9. The molecule has 9 nitrogen and oxygen atoms in total. The SMILES string of the molecule is C=CC(=O)N[C@@H]1CCCC(C(=O)Nc2ccc(NC(=O)c3cccc(-c4ccn[nH]4)n3)cc2C)C1. The van der Waals surface area contributed by atoms with E-state index in [4.69, 9.17) is 0 Å². The maximum atomic E-state index is 12.9. The van der Waals surface area contributed by atoms with E-state index < -0.39 is 0 Å². The largest absolute Gasteiger partial charge is 0.350 e. The third-order valence-corrected chi connectivity index (χ3v) is 6.08. The molecule has 0 radical (unpaired) electrons. The van der Waals surface area contributed by atoms with Gasteiger partial charge in [-0.1, -0.05) is 19.1 Å². The van der Waals surface area contributed by atoms with Crippen molar-refractivity contribution in [3.05, 3.63) is 72.6 Å². The Morgan fingerprint density at radius 3 is 2.71 bits per heavy atom. The second-order valence-electron chi connectivity index (χ2n) is 8.62. The zero-order valence-corrected chi connectivity index (χ0v) is 19.5. The van der Waals surface area contributed by atoms with Gasteiger partial charge in [-0.05, 0) is 74.2 Å². The van der Waals surface area contributed by atoms with E-state index in [1.165, 1.54) is 6.08 Å². The average Bonchev–Trinajstić information content (AvgIpc) is 3.41. The van der Waals surface area contributed by atoms with Crippen LogP contribution in [0.15, 0.2) is 61.3 Å². The van der Waals surface area contributed by atoms with E-state index in [9.17, 15) is 14.4 Å². The third kappa shape index (κ3) is 6.00. The Morgan fingerprint density at radius 1 is 1.11 bits per heavy atom. The lowest BCUT2D eigenvalue weighted by Gasteiger charge is -2.29. The summed E-state index contributed by atoms with van der Waals surface area (Å²) in [5.41, 5.74) is 3.74. The van der Waals surface area contributed by atoms with E-state index in [0.717, 1.165) is 30.5 Å². The van der Waals surface area contributed by atoms with Gasteiger partial charge in [0.05, 0.1) is 11.4 Å². The molecule has 3 aromatic rings. The van der Waals surface area contributed by atoms with Gasteiger partial charge in [-0.3, -0.25) is 19.5 Å². The number of pyridine rings is 1. The minimum absolute atomic E-state index is 0.0240. The quantitative estimate of drug-likeness (QED) is 0.389. The van der Waals surface area contributed by atoms with Gasteiger partial charge in [-0.25, -0.2) is 4.98 Å². The molecule has 3 amide bonds. The van der Waals surface area contributed by atoms with Gasteiger partial charge >= 0.3 is 0 Å². The normalized spacial score (nSPS) is 17.3. The first kappa shape index (κ1) is 23.9. The van der Waals surface area contributed by atoms with Crippen molar-refractivity contribution < 1.29 is 14.4 Å². The van der Waals surface area contributed by atoms with Gasteiger partial charge in [0.2, 0.25) is 11.8 Å². The summed E-state index contributed by atoms with van der Waals surface area (Å²) >= 11 is 0. The van der Waals surface area contributed by atoms with E-state index >= 15 is 0 Å². The molecule has 4 N–H and O–H groups in total. The van der Waals surface area contributed by atoms with Gasteiger partial charge in [-0.15, -0.1) is 0 Å². The number of anilines is 2. The second-order valence-corrected chi connectivity index (χ2v) is 8.62. The van der Waals surface area contributed by atoms with E-state index in [1.807, 2.05) is 6.92 Å². The summed E-state index contributed by atoms with van der Waals surface area (Å²) in [6, 6.07) is 12.3. The minimum Gasteiger partial charge on any atom is -0.350 e. The molecule has 1 saturated carbocycles. The Hall–Kier alpha value is -4.27. The molecule has 1 aromatic carbocycles. The van der Waals surface area contributed by atoms with Crippen LogP contribution < -0.4 is 16.0 Å². The van der Waals surface area contributed by atoms with Crippen LogP contribution in [0.5, 0.6) is 0 Å². The van der Waals surface area contributed by atoms with Crippen LogP contribution in [0.3, 0.4) is 0 Å². The first-order valence-corrected chi connectivity index (χ1v) is 11.6. The third-order valence-electron chi connectivity index (χ3n) is 6.08. The van der Waals surface area contributed by atoms with Crippen molar-refractivity contribution in [2.45, 2.75) is 38.6 Å². The monoisotopic (exact) mass is 472 g/mol. The summed E-state index contributed by atoms with van der Waals surface area (Å²) in [6.07, 6.45) is 5.99. The molecule has 1 aliphatic carbocycles. The number of nitrogens with one attached hydrogen (secondary N) is 4. The molecule has 1 fully saturated rings. The molecular formula is C26H28N6O3. The number of amides is 3. The summed E-state index contributed by atoms with van der Waals surface area (Å²) in [5, 5.41) is 15.5. The smallest absolute Gasteiger partial charge is 0.274 e. The number of carbonyl (C=O) groups is 3. The first-order valence-electron chi connectivity index (χ1n) is 11.6. The molecule has 2 atom stereocenters. The van der Waals surface area contributed by atoms with Crippen LogP contribution in [-0.2, 0) is 9.59 Å². The molecule has 9 heteroatoms. The number of hydrogen-bond donors (Lipinski definition) is 4. The van der Waals surface area contributed by atoms with Crippen LogP contribution in [0.1, 0.15) is 41.7 Å². The number of benzene rings is 1. The van der Waals surface area contributed by atoms with E-state index in [-0.39, 0.29) is 35.4 Å². The number of carbonyl (C=O) groups excluding carboxylic acids is 3. The van der Waals surface area contributed by atoms with Crippen molar-refractivity contribution >= 4 is 29.1 Å². The highest BCUT2D eigenvalue weighted by molar-refractivity contribution is 6.03. The topological polar surface area (TPSA) is 129 Å². The molecular weight excluding hydrogens is 444 g/mol. The molecule has 0 saturated heterocycles. The zero-order valence-electron chi connectivity index (χ0n) is 19.5. The Bertz CT molecular complexity index is 1240. The van der Waals surface area contributed by atoms with Crippen molar-refractivity contribution in [1.82, 2.24) is 20.5 Å². The van der Waals surface area contributed by atoms with Gasteiger partial charge in [0.25, 0.3) is 5.91 Å². The molecule has 35 heavy (non-hydrogen) atoms. The van der Waals surface area contributed by atoms with Crippen LogP contribution in [-0.4, -0.2) is 38.9 Å². The standard InChI is InChI=1S/C26H28N6O3/c1-3-24(33)28-18-7-4-6-17(15-18)25(34)31-20-11-10-19(14-16(20)2)29-26(35)23-9-5-8-21(30-23)22-12-13-27-32-22/h3,5,8-14,17-18H,1,4,6-7,15H2,2H3,(H,27,32)(H,28,33)(H,29,35)(H,31,34)/t17?,18-/m1/s1. The molecule has 0 aliphatic heterocycles. The van der Waals surface area contributed by atoms with Crippen LogP contribution in [0.25, 0.3) is 11.4 Å². The number of aromatic amines is 1. The fraction of sp³-hybridized carbons (Fsp3) is 0.269.